The molecule has 1 saturated heterocycles. The summed E-state index contributed by atoms with van der Waals surface area (Å²) in [5, 5.41) is 0.508. The van der Waals surface area contributed by atoms with Crippen molar-refractivity contribution in [2.45, 2.75) is 13.5 Å². The van der Waals surface area contributed by atoms with E-state index in [4.69, 9.17) is 17.0 Å². The van der Waals surface area contributed by atoms with Gasteiger partial charge in [-0.15, -0.1) is 0 Å². The number of amides is 1. The molecule has 2 aromatic carbocycles. The third-order valence-electron chi connectivity index (χ3n) is 4.20. The second kappa shape index (κ2) is 7.66. The number of thiocarbonyl (C=S) groups is 1. The van der Waals surface area contributed by atoms with Crippen molar-refractivity contribution < 1.29 is 13.9 Å². The van der Waals surface area contributed by atoms with Gasteiger partial charge in [0, 0.05) is 19.2 Å². The summed E-state index contributed by atoms with van der Waals surface area (Å²) in [7, 11) is 1.79. The van der Waals surface area contributed by atoms with Crippen LogP contribution >= 0.6 is 12.2 Å². The van der Waals surface area contributed by atoms with Crippen LogP contribution in [0.5, 0.6) is 5.75 Å². The Morgan fingerprint density at radius 1 is 1.15 bits per heavy atom. The fourth-order valence-corrected chi connectivity index (χ4v) is 3.00. The number of carbonyl (C=O) groups excluding carboxylic acids is 1. The van der Waals surface area contributed by atoms with Crippen LogP contribution in [-0.2, 0) is 11.4 Å². The van der Waals surface area contributed by atoms with Crippen LogP contribution in [0.3, 0.4) is 0 Å². The number of rotatable bonds is 5. The standard InChI is InChI=1S/C20H19FN2O2S/c1-3-23-19(24)18(22(2)20(23)26)12-14-8-10-16(11-9-14)25-13-15-6-4-5-7-17(15)21/h4-12H,3,13H2,1-2H3/b18-12-. The van der Waals surface area contributed by atoms with E-state index in [1.807, 2.05) is 19.1 Å². The van der Waals surface area contributed by atoms with E-state index in [1.165, 1.54) is 6.07 Å². The lowest BCUT2D eigenvalue weighted by Crippen LogP contribution is -2.30. The highest BCUT2D eigenvalue weighted by molar-refractivity contribution is 7.80. The smallest absolute Gasteiger partial charge is 0.276 e. The highest BCUT2D eigenvalue weighted by Crippen LogP contribution is 2.23. The maximum Gasteiger partial charge on any atom is 0.276 e. The minimum atomic E-state index is -0.284. The molecule has 0 radical (unpaired) electrons. The second-order valence-corrected chi connectivity index (χ2v) is 6.23. The first-order valence-corrected chi connectivity index (χ1v) is 8.69. The number of likely N-dealkylation sites (N-methyl/N-ethyl adjacent to an activating group) is 2. The van der Waals surface area contributed by atoms with E-state index in [-0.39, 0.29) is 18.3 Å². The van der Waals surface area contributed by atoms with E-state index in [1.54, 1.807) is 53.3 Å². The number of hydrogen-bond donors (Lipinski definition) is 0. The Morgan fingerprint density at radius 2 is 1.85 bits per heavy atom. The van der Waals surface area contributed by atoms with Gasteiger partial charge in [-0.1, -0.05) is 30.3 Å². The molecular weight excluding hydrogens is 351 g/mol. The molecule has 1 fully saturated rings. The predicted molar refractivity (Wildman–Crippen MR) is 103 cm³/mol. The van der Waals surface area contributed by atoms with Crippen molar-refractivity contribution in [2.24, 2.45) is 0 Å². The van der Waals surface area contributed by atoms with Crippen LogP contribution in [-0.4, -0.2) is 34.4 Å². The summed E-state index contributed by atoms with van der Waals surface area (Å²) in [6, 6.07) is 13.8. The van der Waals surface area contributed by atoms with Gasteiger partial charge in [-0.05, 0) is 49.0 Å². The molecule has 0 spiro atoms. The Balaban J connectivity index is 1.71. The first kappa shape index (κ1) is 18.1. The Bertz CT molecular complexity index is 864. The highest BCUT2D eigenvalue weighted by Gasteiger charge is 2.34. The van der Waals surface area contributed by atoms with Gasteiger partial charge in [0.1, 0.15) is 23.9 Å². The lowest BCUT2D eigenvalue weighted by molar-refractivity contribution is -0.122. The van der Waals surface area contributed by atoms with E-state index < -0.39 is 0 Å². The second-order valence-electron chi connectivity index (χ2n) is 5.87. The third-order valence-corrected chi connectivity index (χ3v) is 4.69. The fraction of sp³-hybridized carbons (Fsp3) is 0.200. The van der Waals surface area contributed by atoms with Crippen molar-refractivity contribution in [3.05, 3.63) is 71.2 Å². The molecule has 1 aliphatic heterocycles. The molecule has 1 heterocycles. The molecule has 26 heavy (non-hydrogen) atoms. The van der Waals surface area contributed by atoms with Crippen molar-refractivity contribution in [3.8, 4) is 5.75 Å². The van der Waals surface area contributed by atoms with Crippen molar-refractivity contribution in [2.75, 3.05) is 13.6 Å². The highest BCUT2D eigenvalue weighted by atomic mass is 32.1. The molecule has 0 bridgehead atoms. The van der Waals surface area contributed by atoms with Gasteiger partial charge in [0.05, 0.1) is 0 Å². The molecule has 0 saturated carbocycles. The SMILES string of the molecule is CCN1C(=O)/C(=C/c2ccc(OCc3ccccc3F)cc2)N(C)C1=S. The number of ether oxygens (including phenoxy) is 1. The van der Waals surface area contributed by atoms with Crippen LogP contribution in [0.4, 0.5) is 4.39 Å². The molecule has 1 amide bonds. The van der Waals surface area contributed by atoms with Crippen LogP contribution in [0.2, 0.25) is 0 Å². The van der Waals surface area contributed by atoms with Gasteiger partial charge in [-0.25, -0.2) is 4.39 Å². The summed E-state index contributed by atoms with van der Waals surface area (Å²) in [5.74, 6) is 0.250. The summed E-state index contributed by atoms with van der Waals surface area (Å²) >= 11 is 5.28. The first-order chi connectivity index (χ1) is 12.5. The number of carbonyl (C=O) groups is 1. The topological polar surface area (TPSA) is 32.8 Å². The largest absolute Gasteiger partial charge is 0.489 e. The Morgan fingerprint density at radius 3 is 2.46 bits per heavy atom. The molecule has 0 unspecified atom stereocenters. The molecule has 0 aliphatic carbocycles. The first-order valence-electron chi connectivity index (χ1n) is 8.28. The zero-order valence-electron chi connectivity index (χ0n) is 14.6. The molecule has 0 atom stereocenters. The lowest BCUT2D eigenvalue weighted by atomic mass is 10.1. The van der Waals surface area contributed by atoms with Crippen LogP contribution in [0.15, 0.2) is 54.2 Å². The quantitative estimate of drug-likeness (QED) is 0.592. The summed E-state index contributed by atoms with van der Waals surface area (Å²) < 4.78 is 19.2. The Labute approximate surface area is 157 Å². The average Bonchev–Trinajstić information content (AvgIpc) is 2.85. The minimum absolute atomic E-state index is 0.0973. The average molecular weight is 370 g/mol. The lowest BCUT2D eigenvalue weighted by Gasteiger charge is -2.13. The molecule has 3 rings (SSSR count). The Hall–Kier alpha value is -2.73. The summed E-state index contributed by atoms with van der Waals surface area (Å²) in [4.78, 5) is 15.7. The summed E-state index contributed by atoms with van der Waals surface area (Å²) in [6.07, 6.45) is 1.80. The van der Waals surface area contributed by atoms with E-state index in [0.29, 0.717) is 28.7 Å². The molecule has 134 valence electrons. The molecule has 6 heteroatoms. The van der Waals surface area contributed by atoms with Gasteiger partial charge in [0.15, 0.2) is 5.11 Å². The van der Waals surface area contributed by atoms with Crippen molar-refractivity contribution in [3.63, 3.8) is 0 Å². The molecule has 0 N–H and O–H groups in total. The fourth-order valence-electron chi connectivity index (χ4n) is 2.68. The van der Waals surface area contributed by atoms with E-state index in [0.717, 1.165) is 5.56 Å². The van der Waals surface area contributed by atoms with Crippen molar-refractivity contribution in [1.82, 2.24) is 9.80 Å². The van der Waals surface area contributed by atoms with Crippen LogP contribution < -0.4 is 4.74 Å². The van der Waals surface area contributed by atoms with Crippen LogP contribution in [0.25, 0.3) is 6.08 Å². The summed E-state index contributed by atoms with van der Waals surface area (Å²) in [5.41, 5.74) is 1.90. The molecule has 2 aromatic rings. The third kappa shape index (κ3) is 3.60. The summed E-state index contributed by atoms with van der Waals surface area (Å²) in [6.45, 7) is 2.60. The van der Waals surface area contributed by atoms with Crippen LogP contribution in [0, 0.1) is 5.82 Å². The van der Waals surface area contributed by atoms with Gasteiger partial charge in [0.2, 0.25) is 0 Å². The zero-order chi connectivity index (χ0) is 18.7. The molecule has 1 aliphatic rings. The van der Waals surface area contributed by atoms with Crippen LogP contribution in [0.1, 0.15) is 18.1 Å². The van der Waals surface area contributed by atoms with Gasteiger partial charge in [-0.2, -0.15) is 0 Å². The monoisotopic (exact) mass is 370 g/mol. The Kier molecular flexibility index (Phi) is 5.32. The minimum Gasteiger partial charge on any atom is -0.489 e. The number of nitrogens with zero attached hydrogens (tertiary/aromatic N) is 2. The van der Waals surface area contributed by atoms with Gasteiger partial charge in [-0.3, -0.25) is 9.69 Å². The van der Waals surface area contributed by atoms with E-state index in [9.17, 15) is 9.18 Å². The van der Waals surface area contributed by atoms with Gasteiger partial charge >= 0.3 is 0 Å². The number of halogens is 1. The number of benzene rings is 2. The van der Waals surface area contributed by atoms with Crippen molar-refractivity contribution in [1.29, 1.82) is 0 Å². The predicted octanol–water partition coefficient (Wildman–Crippen LogP) is 3.82. The normalized spacial score (nSPS) is 15.9. The zero-order valence-corrected chi connectivity index (χ0v) is 15.4. The number of hydrogen-bond acceptors (Lipinski definition) is 3. The van der Waals surface area contributed by atoms with Gasteiger partial charge < -0.3 is 9.64 Å². The molecule has 4 nitrogen and oxygen atoms in total. The molecule has 0 aromatic heterocycles. The van der Waals surface area contributed by atoms with Gasteiger partial charge in [0.25, 0.3) is 5.91 Å². The van der Waals surface area contributed by atoms with Crippen molar-refractivity contribution >= 4 is 29.3 Å². The van der Waals surface area contributed by atoms with E-state index >= 15 is 0 Å². The molecular formula is C20H19FN2O2S. The maximum atomic E-state index is 13.6. The van der Waals surface area contributed by atoms with E-state index in [2.05, 4.69) is 0 Å². The maximum absolute atomic E-state index is 13.6.